The minimum Gasteiger partial charge on any atom is -0.393 e. The molecule has 7 nitrogen and oxygen atoms in total. The largest absolute Gasteiger partial charge is 0.419 e. The van der Waals surface area contributed by atoms with Gasteiger partial charge < -0.3 is 16.2 Å². The average Bonchev–Trinajstić information content (AvgIpc) is 3.16. The van der Waals surface area contributed by atoms with Crippen molar-refractivity contribution in [2.45, 2.75) is 44.0 Å². The standard InChI is InChI=1S/C16H17F3N6OS/c17-16(18,19)11-5-8(6-21-13(11)20)12-7-22-15-25(12)24-14(27-15)23-9-1-3-10(26)4-2-9/h5-7,9-10,26H,1-4H2,(H2,20,21)(H,23,24). The van der Waals surface area contributed by atoms with E-state index in [0.717, 1.165) is 31.7 Å². The van der Waals surface area contributed by atoms with E-state index in [-0.39, 0.29) is 17.7 Å². The second kappa shape index (κ2) is 6.64. The minimum atomic E-state index is -4.59. The van der Waals surface area contributed by atoms with E-state index < -0.39 is 17.6 Å². The summed E-state index contributed by atoms with van der Waals surface area (Å²) in [6.07, 6.45) is 1.07. The number of aliphatic hydroxyl groups is 1. The van der Waals surface area contributed by atoms with Crippen LogP contribution in [0.2, 0.25) is 0 Å². The lowest BCUT2D eigenvalue weighted by Gasteiger charge is -2.25. The fourth-order valence-electron chi connectivity index (χ4n) is 3.19. The average molecular weight is 398 g/mol. The molecular weight excluding hydrogens is 381 g/mol. The Labute approximate surface area is 156 Å². The number of aliphatic hydroxyl groups excluding tert-OH is 1. The third kappa shape index (κ3) is 3.56. The van der Waals surface area contributed by atoms with Crippen LogP contribution in [-0.4, -0.2) is 36.8 Å². The van der Waals surface area contributed by atoms with E-state index in [1.807, 2.05) is 0 Å². The SMILES string of the molecule is Nc1ncc(-c2cnc3sc(NC4CCC(O)CC4)nn23)cc1C(F)(F)F. The van der Waals surface area contributed by atoms with Crippen LogP contribution in [0.25, 0.3) is 16.2 Å². The van der Waals surface area contributed by atoms with Crippen molar-refractivity contribution in [3.8, 4) is 11.3 Å². The molecule has 0 spiro atoms. The van der Waals surface area contributed by atoms with Crippen molar-refractivity contribution in [1.29, 1.82) is 0 Å². The van der Waals surface area contributed by atoms with Crippen LogP contribution in [-0.2, 0) is 6.18 Å². The Morgan fingerprint density at radius 3 is 2.63 bits per heavy atom. The molecule has 11 heteroatoms. The van der Waals surface area contributed by atoms with Gasteiger partial charge in [-0.15, -0.1) is 5.10 Å². The van der Waals surface area contributed by atoms with Gasteiger partial charge in [0.05, 0.1) is 23.6 Å². The Morgan fingerprint density at radius 1 is 1.19 bits per heavy atom. The molecule has 4 rings (SSSR count). The molecule has 4 N–H and O–H groups in total. The van der Waals surface area contributed by atoms with Crippen LogP contribution in [0.4, 0.5) is 24.1 Å². The first-order chi connectivity index (χ1) is 12.8. The maximum atomic E-state index is 13.1. The molecule has 1 fully saturated rings. The van der Waals surface area contributed by atoms with Gasteiger partial charge in [0.25, 0.3) is 0 Å². The van der Waals surface area contributed by atoms with Gasteiger partial charge >= 0.3 is 6.18 Å². The predicted molar refractivity (Wildman–Crippen MR) is 95.4 cm³/mol. The van der Waals surface area contributed by atoms with Gasteiger partial charge in [-0.2, -0.15) is 13.2 Å². The van der Waals surface area contributed by atoms with Gasteiger partial charge in [-0.05, 0) is 31.7 Å². The van der Waals surface area contributed by atoms with Crippen molar-refractivity contribution >= 4 is 27.2 Å². The molecule has 0 saturated heterocycles. The summed E-state index contributed by atoms with van der Waals surface area (Å²) in [4.78, 5) is 8.47. The molecule has 0 aliphatic heterocycles. The minimum absolute atomic E-state index is 0.211. The van der Waals surface area contributed by atoms with E-state index in [1.165, 1.54) is 28.2 Å². The Bertz CT molecular complexity index is 961. The van der Waals surface area contributed by atoms with E-state index in [1.54, 1.807) is 0 Å². The second-order valence-electron chi connectivity index (χ2n) is 6.55. The van der Waals surface area contributed by atoms with Crippen LogP contribution in [0.15, 0.2) is 18.5 Å². The van der Waals surface area contributed by atoms with Gasteiger partial charge in [-0.1, -0.05) is 11.3 Å². The summed E-state index contributed by atoms with van der Waals surface area (Å²) in [7, 11) is 0. The summed E-state index contributed by atoms with van der Waals surface area (Å²) in [6.45, 7) is 0. The molecule has 1 aliphatic carbocycles. The number of hydrogen-bond acceptors (Lipinski definition) is 7. The first-order valence-electron chi connectivity index (χ1n) is 8.43. The normalized spacial score (nSPS) is 20.9. The fourth-order valence-corrected chi connectivity index (χ4v) is 4.04. The number of halogens is 3. The monoisotopic (exact) mass is 398 g/mol. The predicted octanol–water partition coefficient (Wildman–Crippen LogP) is 3.17. The van der Waals surface area contributed by atoms with E-state index in [2.05, 4.69) is 20.4 Å². The third-order valence-corrected chi connectivity index (χ3v) is 5.48. The van der Waals surface area contributed by atoms with Gasteiger partial charge in [-0.3, -0.25) is 0 Å². The molecule has 1 aliphatic rings. The fraction of sp³-hybridized carbons (Fsp3) is 0.438. The van der Waals surface area contributed by atoms with Crippen LogP contribution in [0.5, 0.6) is 0 Å². The Kier molecular flexibility index (Phi) is 4.42. The highest BCUT2D eigenvalue weighted by Crippen LogP contribution is 2.35. The van der Waals surface area contributed by atoms with E-state index in [9.17, 15) is 18.3 Å². The number of aromatic nitrogens is 4. The van der Waals surface area contributed by atoms with Crippen LogP contribution in [0.1, 0.15) is 31.2 Å². The Balaban J connectivity index is 1.63. The number of rotatable bonds is 3. The summed E-state index contributed by atoms with van der Waals surface area (Å²) < 4.78 is 40.8. The zero-order valence-corrected chi connectivity index (χ0v) is 14.9. The van der Waals surface area contributed by atoms with Crippen molar-refractivity contribution in [1.82, 2.24) is 19.6 Å². The molecule has 144 valence electrons. The molecular formula is C16H17F3N6OS. The number of nitrogens with one attached hydrogen (secondary N) is 1. The van der Waals surface area contributed by atoms with Gasteiger partial charge in [0.1, 0.15) is 5.82 Å². The number of fused-ring (bicyclic) bond motifs is 1. The maximum Gasteiger partial charge on any atom is 0.419 e. The quantitative estimate of drug-likeness (QED) is 0.627. The van der Waals surface area contributed by atoms with Gasteiger partial charge in [-0.25, -0.2) is 14.5 Å². The van der Waals surface area contributed by atoms with Crippen molar-refractivity contribution in [3.63, 3.8) is 0 Å². The number of nitrogens with zero attached hydrogens (tertiary/aromatic N) is 4. The third-order valence-electron chi connectivity index (χ3n) is 4.63. The number of anilines is 2. The molecule has 3 aromatic rings. The highest BCUT2D eigenvalue weighted by Gasteiger charge is 2.34. The summed E-state index contributed by atoms with van der Waals surface area (Å²) in [5.74, 6) is -0.563. The van der Waals surface area contributed by atoms with Gasteiger partial charge in [0.15, 0.2) is 0 Å². The first kappa shape index (κ1) is 18.0. The number of pyridine rings is 1. The summed E-state index contributed by atoms with van der Waals surface area (Å²) in [6, 6.07) is 1.17. The zero-order valence-electron chi connectivity index (χ0n) is 14.1. The first-order valence-corrected chi connectivity index (χ1v) is 9.25. The number of alkyl halides is 3. The summed E-state index contributed by atoms with van der Waals surface area (Å²) in [5, 5.41) is 18.0. The molecule has 0 radical (unpaired) electrons. The van der Waals surface area contributed by atoms with Crippen molar-refractivity contribution in [2.24, 2.45) is 0 Å². The molecule has 0 atom stereocenters. The Hall–Kier alpha value is -2.40. The van der Waals surface area contributed by atoms with Gasteiger partial charge in [0, 0.05) is 17.8 Å². The lowest BCUT2D eigenvalue weighted by atomic mass is 9.93. The van der Waals surface area contributed by atoms with E-state index in [0.29, 0.717) is 15.8 Å². The molecule has 0 amide bonds. The zero-order chi connectivity index (χ0) is 19.2. The van der Waals surface area contributed by atoms with Crippen molar-refractivity contribution in [3.05, 3.63) is 24.0 Å². The lowest BCUT2D eigenvalue weighted by molar-refractivity contribution is -0.137. The summed E-state index contributed by atoms with van der Waals surface area (Å²) >= 11 is 1.32. The molecule has 3 aromatic heterocycles. The van der Waals surface area contributed by atoms with Crippen LogP contribution >= 0.6 is 11.3 Å². The molecule has 1 saturated carbocycles. The molecule has 0 unspecified atom stereocenters. The number of imidazole rings is 1. The highest BCUT2D eigenvalue weighted by atomic mass is 32.1. The molecule has 3 heterocycles. The van der Waals surface area contributed by atoms with Crippen LogP contribution < -0.4 is 11.1 Å². The van der Waals surface area contributed by atoms with Gasteiger partial charge in [0.2, 0.25) is 10.1 Å². The maximum absolute atomic E-state index is 13.1. The molecule has 0 aromatic carbocycles. The topological polar surface area (TPSA) is 101 Å². The van der Waals surface area contributed by atoms with E-state index >= 15 is 0 Å². The second-order valence-corrected chi connectivity index (χ2v) is 7.51. The van der Waals surface area contributed by atoms with Crippen LogP contribution in [0, 0.1) is 0 Å². The van der Waals surface area contributed by atoms with Crippen LogP contribution in [0.3, 0.4) is 0 Å². The summed E-state index contributed by atoms with van der Waals surface area (Å²) in [5.41, 5.74) is 5.03. The van der Waals surface area contributed by atoms with E-state index in [4.69, 9.17) is 5.73 Å². The van der Waals surface area contributed by atoms with Crippen molar-refractivity contribution < 1.29 is 18.3 Å². The van der Waals surface area contributed by atoms with Crippen molar-refractivity contribution in [2.75, 3.05) is 11.1 Å². The molecule has 27 heavy (non-hydrogen) atoms. The lowest BCUT2D eigenvalue weighted by Crippen LogP contribution is -2.28. The smallest absolute Gasteiger partial charge is 0.393 e. The molecule has 0 bridgehead atoms. The highest BCUT2D eigenvalue weighted by molar-refractivity contribution is 7.20. The Morgan fingerprint density at radius 2 is 1.93 bits per heavy atom. The number of nitrogens with two attached hydrogens (primary N) is 1. The number of hydrogen-bond donors (Lipinski definition) is 3. The number of nitrogen functional groups attached to an aromatic ring is 1.